The average Bonchev–Trinajstić information content (AvgIpc) is 3.33. The van der Waals surface area contributed by atoms with Crippen molar-refractivity contribution in [1.29, 1.82) is 0 Å². The Kier molecular flexibility index (Phi) is 5.39. The summed E-state index contributed by atoms with van der Waals surface area (Å²) in [6.45, 7) is 4.49. The van der Waals surface area contributed by atoms with Crippen molar-refractivity contribution in [3.05, 3.63) is 69.8 Å². The van der Waals surface area contributed by atoms with Gasteiger partial charge in [0.15, 0.2) is 0 Å². The number of fused-ring (bicyclic) bond motifs is 1. The normalized spacial score (nSPS) is 11.1. The molecule has 0 radical (unpaired) electrons. The van der Waals surface area contributed by atoms with Gasteiger partial charge in [-0.3, -0.25) is 4.79 Å². The van der Waals surface area contributed by atoms with Crippen molar-refractivity contribution in [1.82, 2.24) is 29.4 Å². The van der Waals surface area contributed by atoms with Gasteiger partial charge in [0, 0.05) is 28.3 Å². The summed E-state index contributed by atoms with van der Waals surface area (Å²) in [7, 11) is 0. The highest BCUT2D eigenvalue weighted by Gasteiger charge is 2.14. The first-order valence-corrected chi connectivity index (χ1v) is 10.0. The van der Waals surface area contributed by atoms with Crippen molar-refractivity contribution >= 4 is 33.4 Å². The lowest BCUT2D eigenvalue weighted by molar-refractivity contribution is -0.116. The molecule has 0 fully saturated rings. The van der Waals surface area contributed by atoms with Crippen LogP contribution in [0.4, 0.5) is 5.82 Å². The maximum Gasteiger partial charge on any atom is 0.252 e. The fraction of sp³-hybridized carbons (Fsp3) is 0.250. The SMILES string of the molecule is Cc1nc2ncnn2c(C)c1CCC(=O)Nc1ccnn1Cc1ccc(Br)cc1. The van der Waals surface area contributed by atoms with Crippen LogP contribution < -0.4 is 5.32 Å². The van der Waals surface area contributed by atoms with E-state index in [0.29, 0.717) is 31.0 Å². The summed E-state index contributed by atoms with van der Waals surface area (Å²) in [5.74, 6) is 1.18. The van der Waals surface area contributed by atoms with E-state index in [1.54, 1.807) is 21.5 Å². The topological polar surface area (TPSA) is 90.0 Å². The second kappa shape index (κ2) is 8.12. The highest BCUT2D eigenvalue weighted by Crippen LogP contribution is 2.17. The monoisotopic (exact) mass is 453 g/mol. The van der Waals surface area contributed by atoms with Gasteiger partial charge in [0.1, 0.15) is 12.1 Å². The maximum atomic E-state index is 12.6. The quantitative estimate of drug-likeness (QED) is 0.483. The third-order valence-electron chi connectivity index (χ3n) is 4.82. The first-order chi connectivity index (χ1) is 14.0. The summed E-state index contributed by atoms with van der Waals surface area (Å²) < 4.78 is 4.51. The molecule has 0 aliphatic carbocycles. The Morgan fingerprint density at radius 3 is 2.72 bits per heavy atom. The predicted octanol–water partition coefficient (Wildman–Crippen LogP) is 3.32. The molecule has 0 saturated carbocycles. The zero-order valence-electron chi connectivity index (χ0n) is 16.1. The fourth-order valence-corrected chi connectivity index (χ4v) is 3.55. The Morgan fingerprint density at radius 2 is 1.93 bits per heavy atom. The van der Waals surface area contributed by atoms with Crippen LogP contribution in [0.3, 0.4) is 0 Å². The van der Waals surface area contributed by atoms with Crippen LogP contribution in [0.15, 0.2) is 47.3 Å². The molecule has 0 unspecified atom stereocenters. The number of carbonyl (C=O) groups excluding carboxylic acids is 1. The second-order valence-electron chi connectivity index (χ2n) is 6.78. The first kappa shape index (κ1) is 19.3. The summed E-state index contributed by atoms with van der Waals surface area (Å²) >= 11 is 3.44. The minimum absolute atomic E-state index is 0.0694. The molecule has 8 nitrogen and oxygen atoms in total. The zero-order valence-corrected chi connectivity index (χ0v) is 17.7. The van der Waals surface area contributed by atoms with E-state index in [0.717, 1.165) is 27.0 Å². The van der Waals surface area contributed by atoms with Crippen molar-refractivity contribution in [3.8, 4) is 0 Å². The summed E-state index contributed by atoms with van der Waals surface area (Å²) in [6, 6.07) is 9.83. The number of nitrogens with zero attached hydrogens (tertiary/aromatic N) is 6. The number of anilines is 1. The number of hydrogen-bond donors (Lipinski definition) is 1. The van der Waals surface area contributed by atoms with Crippen molar-refractivity contribution in [3.63, 3.8) is 0 Å². The Morgan fingerprint density at radius 1 is 1.14 bits per heavy atom. The Hall–Kier alpha value is -3.07. The van der Waals surface area contributed by atoms with Gasteiger partial charge in [-0.2, -0.15) is 15.2 Å². The number of aryl methyl sites for hydroxylation is 2. The van der Waals surface area contributed by atoms with Crippen molar-refractivity contribution in [2.75, 3.05) is 5.32 Å². The first-order valence-electron chi connectivity index (χ1n) is 9.23. The second-order valence-corrected chi connectivity index (χ2v) is 7.70. The van der Waals surface area contributed by atoms with Gasteiger partial charge in [-0.15, -0.1) is 0 Å². The zero-order chi connectivity index (χ0) is 20.4. The molecule has 29 heavy (non-hydrogen) atoms. The minimum atomic E-state index is -0.0694. The number of halogens is 1. The van der Waals surface area contributed by atoms with Gasteiger partial charge in [-0.1, -0.05) is 28.1 Å². The average molecular weight is 454 g/mol. The molecule has 1 amide bonds. The summed E-state index contributed by atoms with van der Waals surface area (Å²) in [6.07, 6.45) is 4.09. The number of benzene rings is 1. The molecular weight excluding hydrogens is 434 g/mol. The van der Waals surface area contributed by atoms with E-state index in [-0.39, 0.29) is 5.91 Å². The van der Waals surface area contributed by atoms with Gasteiger partial charge in [-0.25, -0.2) is 14.2 Å². The third-order valence-corrected chi connectivity index (χ3v) is 5.35. The molecule has 0 atom stereocenters. The Bertz CT molecular complexity index is 1160. The maximum absolute atomic E-state index is 12.6. The largest absolute Gasteiger partial charge is 0.311 e. The van der Waals surface area contributed by atoms with Crippen LogP contribution in [0, 0.1) is 13.8 Å². The number of hydrogen-bond acceptors (Lipinski definition) is 5. The standard InChI is InChI=1S/C20H20BrN7O/c1-13-17(14(2)28-20(25-13)22-12-24-28)7-8-19(29)26-18-9-10-23-27(18)11-15-3-5-16(21)6-4-15/h3-6,9-10,12H,7-8,11H2,1-2H3,(H,26,29). The van der Waals surface area contributed by atoms with Crippen LogP contribution in [0.25, 0.3) is 5.78 Å². The van der Waals surface area contributed by atoms with Gasteiger partial charge >= 0.3 is 0 Å². The van der Waals surface area contributed by atoms with Crippen molar-refractivity contribution < 1.29 is 4.79 Å². The lowest BCUT2D eigenvalue weighted by atomic mass is 10.1. The van der Waals surface area contributed by atoms with E-state index in [2.05, 4.69) is 41.4 Å². The number of amides is 1. The van der Waals surface area contributed by atoms with Gasteiger partial charge in [0.2, 0.25) is 5.91 Å². The van der Waals surface area contributed by atoms with Gasteiger partial charge < -0.3 is 5.32 Å². The van der Waals surface area contributed by atoms with E-state index in [1.165, 1.54) is 6.33 Å². The highest BCUT2D eigenvalue weighted by atomic mass is 79.9. The van der Waals surface area contributed by atoms with E-state index >= 15 is 0 Å². The highest BCUT2D eigenvalue weighted by molar-refractivity contribution is 9.10. The fourth-order valence-electron chi connectivity index (χ4n) is 3.29. The number of carbonyl (C=O) groups is 1. The molecule has 0 spiro atoms. The Labute approximate surface area is 176 Å². The molecule has 0 aliphatic rings. The molecule has 0 saturated heterocycles. The molecule has 4 rings (SSSR count). The predicted molar refractivity (Wildman–Crippen MR) is 113 cm³/mol. The summed E-state index contributed by atoms with van der Waals surface area (Å²) in [5, 5.41) is 11.5. The number of nitrogens with one attached hydrogen (secondary N) is 1. The lowest BCUT2D eigenvalue weighted by Crippen LogP contribution is -2.17. The van der Waals surface area contributed by atoms with E-state index in [1.807, 2.05) is 38.1 Å². The lowest BCUT2D eigenvalue weighted by Gasteiger charge is -2.11. The van der Waals surface area contributed by atoms with Gasteiger partial charge in [-0.05, 0) is 43.5 Å². The molecule has 0 bridgehead atoms. The minimum Gasteiger partial charge on any atom is -0.311 e. The molecule has 0 aliphatic heterocycles. The molecule has 1 aromatic carbocycles. The van der Waals surface area contributed by atoms with Crippen LogP contribution >= 0.6 is 15.9 Å². The molecule has 3 aromatic heterocycles. The van der Waals surface area contributed by atoms with E-state index in [9.17, 15) is 4.79 Å². The van der Waals surface area contributed by atoms with Gasteiger partial charge in [0.25, 0.3) is 5.78 Å². The smallest absolute Gasteiger partial charge is 0.252 e. The van der Waals surface area contributed by atoms with Crippen molar-refractivity contribution in [2.24, 2.45) is 0 Å². The Balaban J connectivity index is 1.42. The molecule has 9 heteroatoms. The molecule has 1 N–H and O–H groups in total. The van der Waals surface area contributed by atoms with Crippen LogP contribution in [0.2, 0.25) is 0 Å². The molecule has 3 heterocycles. The molecular formula is C20H20BrN7O. The van der Waals surface area contributed by atoms with Crippen LogP contribution in [0.1, 0.15) is 28.9 Å². The van der Waals surface area contributed by atoms with Crippen LogP contribution in [-0.4, -0.2) is 35.3 Å². The third kappa shape index (κ3) is 4.19. The number of rotatable bonds is 6. The van der Waals surface area contributed by atoms with E-state index in [4.69, 9.17) is 0 Å². The van der Waals surface area contributed by atoms with Crippen molar-refractivity contribution in [2.45, 2.75) is 33.2 Å². The van der Waals surface area contributed by atoms with Gasteiger partial charge in [0.05, 0.1) is 12.7 Å². The van der Waals surface area contributed by atoms with Crippen LogP contribution in [0.5, 0.6) is 0 Å². The summed E-state index contributed by atoms with van der Waals surface area (Å²) in [5.41, 5.74) is 3.95. The molecule has 148 valence electrons. The summed E-state index contributed by atoms with van der Waals surface area (Å²) in [4.78, 5) is 21.1. The number of aromatic nitrogens is 6. The van der Waals surface area contributed by atoms with Crippen LogP contribution in [-0.2, 0) is 17.8 Å². The van der Waals surface area contributed by atoms with E-state index < -0.39 is 0 Å². The molecule has 4 aromatic rings.